The number of aryl methyl sites for hydroxylation is 1. The van der Waals surface area contributed by atoms with Crippen molar-refractivity contribution in [3.63, 3.8) is 0 Å². The number of hydrogen-bond acceptors (Lipinski definition) is 2. The summed E-state index contributed by atoms with van der Waals surface area (Å²) >= 11 is 1.93. The number of hydrogen-bond donors (Lipinski definition) is 1. The van der Waals surface area contributed by atoms with E-state index in [0.29, 0.717) is 17.3 Å². The molecule has 0 aromatic heterocycles. The van der Waals surface area contributed by atoms with E-state index in [1.807, 2.05) is 23.9 Å². The molecule has 2 rings (SSSR count). The van der Waals surface area contributed by atoms with Gasteiger partial charge in [0.1, 0.15) is 5.82 Å². The molecule has 1 aliphatic heterocycles. The molecule has 1 heterocycles. The van der Waals surface area contributed by atoms with Gasteiger partial charge >= 0.3 is 0 Å². The van der Waals surface area contributed by atoms with Crippen molar-refractivity contribution in [2.45, 2.75) is 19.4 Å². The van der Waals surface area contributed by atoms with Crippen LogP contribution in [0.3, 0.4) is 0 Å². The van der Waals surface area contributed by atoms with Gasteiger partial charge in [-0.3, -0.25) is 0 Å². The van der Waals surface area contributed by atoms with Crippen molar-refractivity contribution in [2.75, 3.05) is 16.8 Å². The second-order valence-electron chi connectivity index (χ2n) is 3.64. The fraction of sp³-hybridized carbons (Fsp3) is 0.455. The number of halogens is 1. The van der Waals surface area contributed by atoms with Crippen molar-refractivity contribution in [1.29, 1.82) is 0 Å². The number of nitrogens with one attached hydrogen (secondary N) is 1. The van der Waals surface area contributed by atoms with E-state index < -0.39 is 0 Å². The lowest BCUT2D eigenvalue weighted by Crippen LogP contribution is -2.19. The maximum atomic E-state index is 13.6. The Kier molecular flexibility index (Phi) is 2.96. The molecule has 0 radical (unpaired) electrons. The monoisotopic (exact) mass is 211 g/mol. The largest absolute Gasteiger partial charge is 0.379 e. The Hall–Kier alpha value is -0.700. The highest BCUT2D eigenvalue weighted by Gasteiger charge is 2.16. The lowest BCUT2D eigenvalue weighted by atomic mass is 10.2. The Morgan fingerprint density at radius 3 is 3.07 bits per heavy atom. The first-order chi connectivity index (χ1) is 6.77. The first kappa shape index (κ1) is 9.84. The van der Waals surface area contributed by atoms with E-state index in [4.69, 9.17) is 0 Å². The zero-order valence-corrected chi connectivity index (χ0v) is 9.03. The fourth-order valence-electron chi connectivity index (χ4n) is 1.63. The van der Waals surface area contributed by atoms with E-state index >= 15 is 0 Å². The van der Waals surface area contributed by atoms with Crippen LogP contribution in [0.4, 0.5) is 10.1 Å². The predicted octanol–water partition coefficient (Wildman–Crippen LogP) is 3.05. The zero-order valence-electron chi connectivity index (χ0n) is 8.22. The van der Waals surface area contributed by atoms with Crippen LogP contribution in [0.2, 0.25) is 0 Å². The highest BCUT2D eigenvalue weighted by Crippen LogP contribution is 2.24. The van der Waals surface area contributed by atoms with Gasteiger partial charge in [-0.15, -0.1) is 0 Å². The molecule has 1 unspecified atom stereocenters. The predicted molar refractivity (Wildman–Crippen MR) is 60.5 cm³/mol. The molecule has 1 aromatic rings. The normalized spacial score (nSPS) is 21.1. The Bertz CT molecular complexity index is 321. The molecule has 0 saturated carbocycles. The summed E-state index contributed by atoms with van der Waals surface area (Å²) in [6.07, 6.45) is 1.14. The number of rotatable bonds is 2. The van der Waals surface area contributed by atoms with Crippen molar-refractivity contribution in [3.05, 3.63) is 29.6 Å². The number of thioether (sulfide) groups is 1. The molecule has 0 amide bonds. The Balaban J connectivity index is 2.11. The quantitative estimate of drug-likeness (QED) is 0.807. The van der Waals surface area contributed by atoms with Gasteiger partial charge in [0.15, 0.2) is 0 Å². The van der Waals surface area contributed by atoms with Crippen LogP contribution in [0.25, 0.3) is 0 Å². The molecule has 0 spiro atoms. The Morgan fingerprint density at radius 1 is 1.50 bits per heavy atom. The van der Waals surface area contributed by atoms with Crippen LogP contribution in [0.1, 0.15) is 12.0 Å². The molecule has 14 heavy (non-hydrogen) atoms. The summed E-state index contributed by atoms with van der Waals surface area (Å²) in [4.78, 5) is 0. The smallest absolute Gasteiger partial charge is 0.149 e. The second kappa shape index (κ2) is 4.22. The van der Waals surface area contributed by atoms with Crippen molar-refractivity contribution in [1.82, 2.24) is 0 Å². The van der Waals surface area contributed by atoms with Crippen molar-refractivity contribution in [3.8, 4) is 0 Å². The van der Waals surface area contributed by atoms with Gasteiger partial charge in [-0.2, -0.15) is 11.8 Å². The van der Waals surface area contributed by atoms with E-state index in [1.165, 1.54) is 5.75 Å². The first-order valence-corrected chi connectivity index (χ1v) is 6.02. The van der Waals surface area contributed by atoms with Crippen LogP contribution in [0.5, 0.6) is 0 Å². The van der Waals surface area contributed by atoms with E-state index in [2.05, 4.69) is 5.32 Å². The van der Waals surface area contributed by atoms with Gasteiger partial charge in [0.05, 0.1) is 5.69 Å². The minimum atomic E-state index is -0.107. The number of benzene rings is 1. The summed E-state index contributed by atoms with van der Waals surface area (Å²) in [6, 6.07) is 5.94. The summed E-state index contributed by atoms with van der Waals surface area (Å²) in [6.45, 7) is 1.80. The van der Waals surface area contributed by atoms with Gasteiger partial charge in [0.2, 0.25) is 0 Å². The topological polar surface area (TPSA) is 12.0 Å². The maximum absolute atomic E-state index is 13.6. The summed E-state index contributed by atoms with van der Waals surface area (Å²) in [7, 11) is 0. The molecule has 76 valence electrons. The van der Waals surface area contributed by atoms with E-state index in [0.717, 1.165) is 12.2 Å². The average molecular weight is 211 g/mol. The minimum absolute atomic E-state index is 0.107. The summed E-state index contributed by atoms with van der Waals surface area (Å²) in [5.74, 6) is 2.17. The highest BCUT2D eigenvalue weighted by molar-refractivity contribution is 7.99. The van der Waals surface area contributed by atoms with Gasteiger partial charge in [0.25, 0.3) is 0 Å². The standard InChI is InChI=1S/C11H14FNS/c1-8-3-2-4-10(11(8)12)13-9-5-6-14-7-9/h2-4,9,13H,5-7H2,1H3. The maximum Gasteiger partial charge on any atom is 0.149 e. The second-order valence-corrected chi connectivity index (χ2v) is 4.79. The fourth-order valence-corrected chi connectivity index (χ4v) is 2.78. The average Bonchev–Trinajstić information content (AvgIpc) is 2.66. The highest BCUT2D eigenvalue weighted by atomic mass is 32.2. The van der Waals surface area contributed by atoms with Crippen molar-refractivity contribution >= 4 is 17.4 Å². The van der Waals surface area contributed by atoms with Crippen LogP contribution in [-0.4, -0.2) is 17.5 Å². The molecule has 3 heteroatoms. The molecule has 1 aromatic carbocycles. The van der Waals surface area contributed by atoms with Crippen LogP contribution in [0.15, 0.2) is 18.2 Å². The third-order valence-electron chi connectivity index (χ3n) is 2.48. The number of anilines is 1. The van der Waals surface area contributed by atoms with E-state index in [-0.39, 0.29) is 5.82 Å². The van der Waals surface area contributed by atoms with Crippen molar-refractivity contribution < 1.29 is 4.39 Å². The van der Waals surface area contributed by atoms with Crippen molar-refractivity contribution in [2.24, 2.45) is 0 Å². The van der Waals surface area contributed by atoms with Gasteiger partial charge in [0, 0.05) is 11.8 Å². The summed E-state index contributed by atoms with van der Waals surface area (Å²) < 4.78 is 13.6. The lowest BCUT2D eigenvalue weighted by Gasteiger charge is -2.14. The first-order valence-electron chi connectivity index (χ1n) is 4.87. The van der Waals surface area contributed by atoms with E-state index in [1.54, 1.807) is 13.0 Å². The molecule has 0 bridgehead atoms. The van der Waals surface area contributed by atoms with Gasteiger partial charge in [-0.1, -0.05) is 12.1 Å². The van der Waals surface area contributed by atoms with Crippen LogP contribution < -0.4 is 5.32 Å². The lowest BCUT2D eigenvalue weighted by molar-refractivity contribution is 0.617. The van der Waals surface area contributed by atoms with Crippen LogP contribution >= 0.6 is 11.8 Å². The Morgan fingerprint density at radius 2 is 2.36 bits per heavy atom. The third-order valence-corrected chi connectivity index (χ3v) is 3.64. The molecule has 1 aliphatic rings. The molecule has 1 saturated heterocycles. The third kappa shape index (κ3) is 2.03. The van der Waals surface area contributed by atoms with Gasteiger partial charge < -0.3 is 5.32 Å². The van der Waals surface area contributed by atoms with Crippen LogP contribution in [-0.2, 0) is 0 Å². The molecule has 1 atom stereocenters. The van der Waals surface area contributed by atoms with Gasteiger partial charge in [-0.25, -0.2) is 4.39 Å². The minimum Gasteiger partial charge on any atom is -0.379 e. The molecule has 1 nitrogen and oxygen atoms in total. The summed E-state index contributed by atoms with van der Waals surface area (Å²) in [5, 5.41) is 3.25. The SMILES string of the molecule is Cc1cccc(NC2CCSC2)c1F. The van der Waals surface area contributed by atoms with Crippen LogP contribution in [0, 0.1) is 12.7 Å². The van der Waals surface area contributed by atoms with Gasteiger partial charge in [-0.05, 0) is 30.7 Å². The molecule has 0 aliphatic carbocycles. The summed E-state index contributed by atoms with van der Waals surface area (Å²) in [5.41, 5.74) is 1.36. The molecule has 1 N–H and O–H groups in total. The van der Waals surface area contributed by atoms with E-state index in [9.17, 15) is 4.39 Å². The molecule has 1 fully saturated rings. The molecular weight excluding hydrogens is 197 g/mol. The molecular formula is C11H14FNS. The zero-order chi connectivity index (χ0) is 9.97. The Labute approximate surface area is 88.1 Å².